The molecule has 0 aliphatic carbocycles. The maximum atomic E-state index is 11.7. The van der Waals surface area contributed by atoms with Gasteiger partial charge in [0.1, 0.15) is 11.6 Å². The molecule has 0 aliphatic rings. The summed E-state index contributed by atoms with van der Waals surface area (Å²) in [6.07, 6.45) is 0.644. The Morgan fingerprint density at radius 2 is 2.16 bits per heavy atom. The molecule has 2 aromatic heterocycles. The van der Waals surface area contributed by atoms with Crippen LogP contribution in [-0.4, -0.2) is 32.8 Å². The molecular weight excluding hydrogens is 246 g/mol. The van der Waals surface area contributed by atoms with E-state index in [0.29, 0.717) is 12.2 Å². The average molecular weight is 263 g/mol. The van der Waals surface area contributed by atoms with Crippen LogP contribution < -0.4 is 5.73 Å². The fraction of sp³-hybridized carbons (Fsp3) is 0.417. The summed E-state index contributed by atoms with van der Waals surface area (Å²) in [5.74, 6) is 0.437. The first-order valence-corrected chi connectivity index (χ1v) is 5.98. The van der Waals surface area contributed by atoms with Crippen molar-refractivity contribution >= 4 is 11.8 Å². The van der Waals surface area contributed by atoms with E-state index in [1.807, 2.05) is 20.8 Å². The first-order chi connectivity index (χ1) is 9.01. The zero-order valence-corrected chi connectivity index (χ0v) is 11.4. The molecule has 7 heteroatoms. The van der Waals surface area contributed by atoms with Gasteiger partial charge in [-0.05, 0) is 13.8 Å². The molecule has 2 aromatic rings. The normalized spacial score (nSPS) is 10.7. The van der Waals surface area contributed by atoms with Gasteiger partial charge in [-0.1, -0.05) is 6.92 Å². The zero-order chi connectivity index (χ0) is 14.2. The van der Waals surface area contributed by atoms with Crippen molar-refractivity contribution in [3.63, 3.8) is 0 Å². The van der Waals surface area contributed by atoms with Gasteiger partial charge in [0.05, 0.1) is 24.2 Å². The molecule has 0 saturated heterocycles. The molecule has 0 unspecified atom stereocenters. The summed E-state index contributed by atoms with van der Waals surface area (Å²) in [5.41, 5.74) is 8.68. The predicted molar refractivity (Wildman–Crippen MR) is 70.3 cm³/mol. The lowest BCUT2D eigenvalue weighted by atomic mass is 10.3. The maximum absolute atomic E-state index is 11.7. The third kappa shape index (κ3) is 1.96. The molecule has 19 heavy (non-hydrogen) atoms. The second kappa shape index (κ2) is 4.75. The number of carbonyl (C=O) groups excluding carboxylic acids is 1. The highest BCUT2D eigenvalue weighted by atomic mass is 16.5. The molecular formula is C12H17N5O2. The Morgan fingerprint density at radius 3 is 2.63 bits per heavy atom. The number of anilines is 1. The number of aryl methyl sites for hydroxylation is 3. The van der Waals surface area contributed by atoms with Gasteiger partial charge in [-0.2, -0.15) is 5.10 Å². The zero-order valence-electron chi connectivity index (χ0n) is 11.4. The van der Waals surface area contributed by atoms with Gasteiger partial charge in [0.15, 0.2) is 5.69 Å². The van der Waals surface area contributed by atoms with Crippen LogP contribution in [0.5, 0.6) is 0 Å². The van der Waals surface area contributed by atoms with Gasteiger partial charge in [-0.3, -0.25) is 9.67 Å². The van der Waals surface area contributed by atoms with E-state index < -0.39 is 5.97 Å². The van der Waals surface area contributed by atoms with Gasteiger partial charge in [0, 0.05) is 6.42 Å². The van der Waals surface area contributed by atoms with E-state index in [1.165, 1.54) is 7.11 Å². The summed E-state index contributed by atoms with van der Waals surface area (Å²) in [5, 5.41) is 7.03. The van der Waals surface area contributed by atoms with Gasteiger partial charge in [-0.25, -0.2) is 9.78 Å². The first-order valence-electron chi connectivity index (χ1n) is 5.98. The number of aromatic nitrogens is 4. The van der Waals surface area contributed by atoms with Crippen molar-refractivity contribution < 1.29 is 9.53 Å². The van der Waals surface area contributed by atoms with Crippen LogP contribution in [0.25, 0.3) is 5.69 Å². The highest BCUT2D eigenvalue weighted by molar-refractivity contribution is 5.92. The smallest absolute Gasteiger partial charge is 0.360 e. The number of rotatable bonds is 3. The molecule has 0 radical (unpaired) electrons. The Morgan fingerprint density at radius 1 is 1.47 bits per heavy atom. The number of H-pyrrole nitrogens is 1. The summed E-state index contributed by atoms with van der Waals surface area (Å²) in [6, 6.07) is 0. The highest BCUT2D eigenvalue weighted by Crippen LogP contribution is 2.25. The quantitative estimate of drug-likeness (QED) is 0.809. The maximum Gasteiger partial charge on any atom is 0.360 e. The highest BCUT2D eigenvalue weighted by Gasteiger charge is 2.23. The van der Waals surface area contributed by atoms with Gasteiger partial charge in [0.2, 0.25) is 0 Å². The Labute approximate surface area is 110 Å². The summed E-state index contributed by atoms with van der Waals surface area (Å²) in [4.78, 5) is 15.9. The van der Waals surface area contributed by atoms with Crippen molar-refractivity contribution in [2.24, 2.45) is 0 Å². The molecule has 0 spiro atoms. The van der Waals surface area contributed by atoms with E-state index in [1.54, 1.807) is 4.57 Å². The number of esters is 1. The lowest BCUT2D eigenvalue weighted by Crippen LogP contribution is -2.09. The number of nitrogens with two attached hydrogens (primary N) is 1. The molecule has 7 nitrogen and oxygen atoms in total. The second-order valence-corrected chi connectivity index (χ2v) is 4.23. The second-order valence-electron chi connectivity index (χ2n) is 4.23. The van der Waals surface area contributed by atoms with Gasteiger partial charge >= 0.3 is 5.97 Å². The van der Waals surface area contributed by atoms with Crippen molar-refractivity contribution in [1.82, 2.24) is 19.7 Å². The van der Waals surface area contributed by atoms with Gasteiger partial charge in [0.25, 0.3) is 0 Å². The van der Waals surface area contributed by atoms with Crippen molar-refractivity contribution in [3.05, 3.63) is 22.9 Å². The third-order valence-corrected chi connectivity index (χ3v) is 2.99. The number of aromatic amines is 1. The molecule has 0 aromatic carbocycles. The topological polar surface area (TPSA) is 98.8 Å². The van der Waals surface area contributed by atoms with E-state index >= 15 is 0 Å². The molecule has 0 aliphatic heterocycles. The monoisotopic (exact) mass is 263 g/mol. The minimum absolute atomic E-state index is 0.138. The van der Waals surface area contributed by atoms with Crippen LogP contribution in [0.2, 0.25) is 0 Å². The van der Waals surface area contributed by atoms with Crippen LogP contribution in [0.15, 0.2) is 0 Å². The Bertz CT molecular complexity index is 607. The lowest BCUT2D eigenvalue weighted by molar-refractivity contribution is 0.0596. The van der Waals surface area contributed by atoms with Crippen LogP contribution >= 0.6 is 0 Å². The standard InChI is InChI=1S/C12H17N5O2/c1-5-8-14-9(12(18)19-4)11(13)17(8)10-6(2)15-16-7(10)3/h5,13H2,1-4H3,(H,15,16). The third-order valence-electron chi connectivity index (χ3n) is 2.99. The number of nitrogen functional groups attached to an aromatic ring is 1. The average Bonchev–Trinajstić information content (AvgIpc) is 2.89. The van der Waals surface area contributed by atoms with Crippen LogP contribution in [0.1, 0.15) is 34.6 Å². The predicted octanol–water partition coefficient (Wildman–Crippen LogP) is 1.14. The van der Waals surface area contributed by atoms with Crippen molar-refractivity contribution in [2.75, 3.05) is 12.8 Å². The molecule has 0 amide bonds. The molecule has 0 fully saturated rings. The van der Waals surface area contributed by atoms with E-state index in [4.69, 9.17) is 5.73 Å². The minimum atomic E-state index is -0.537. The lowest BCUT2D eigenvalue weighted by Gasteiger charge is -2.08. The summed E-state index contributed by atoms with van der Waals surface area (Å²) in [7, 11) is 1.31. The number of carbonyl (C=O) groups is 1. The Balaban J connectivity index is 2.70. The number of hydrogen-bond acceptors (Lipinski definition) is 5. The number of hydrogen-bond donors (Lipinski definition) is 2. The van der Waals surface area contributed by atoms with Crippen molar-refractivity contribution in [2.45, 2.75) is 27.2 Å². The van der Waals surface area contributed by atoms with E-state index in [0.717, 1.165) is 17.1 Å². The van der Waals surface area contributed by atoms with E-state index in [2.05, 4.69) is 19.9 Å². The fourth-order valence-electron chi connectivity index (χ4n) is 2.09. The van der Waals surface area contributed by atoms with Gasteiger partial charge in [-0.15, -0.1) is 0 Å². The largest absolute Gasteiger partial charge is 0.464 e. The number of ether oxygens (including phenoxy) is 1. The molecule has 0 atom stereocenters. The number of methoxy groups -OCH3 is 1. The molecule has 2 rings (SSSR count). The van der Waals surface area contributed by atoms with Crippen LogP contribution in [-0.2, 0) is 11.2 Å². The number of nitrogens with zero attached hydrogens (tertiary/aromatic N) is 3. The van der Waals surface area contributed by atoms with E-state index in [-0.39, 0.29) is 11.5 Å². The molecule has 0 bridgehead atoms. The van der Waals surface area contributed by atoms with Crippen molar-refractivity contribution in [3.8, 4) is 5.69 Å². The molecule has 3 N–H and O–H groups in total. The van der Waals surface area contributed by atoms with Crippen LogP contribution in [0, 0.1) is 13.8 Å². The molecule has 2 heterocycles. The van der Waals surface area contributed by atoms with E-state index in [9.17, 15) is 4.79 Å². The first kappa shape index (κ1) is 13.1. The summed E-state index contributed by atoms with van der Waals surface area (Å²) in [6.45, 7) is 5.71. The number of imidazole rings is 1. The fourth-order valence-corrected chi connectivity index (χ4v) is 2.09. The van der Waals surface area contributed by atoms with Gasteiger partial charge < -0.3 is 10.5 Å². The summed E-state index contributed by atoms with van der Waals surface area (Å²) < 4.78 is 6.44. The molecule has 0 saturated carbocycles. The summed E-state index contributed by atoms with van der Waals surface area (Å²) >= 11 is 0. The number of nitrogens with one attached hydrogen (secondary N) is 1. The van der Waals surface area contributed by atoms with Crippen molar-refractivity contribution in [1.29, 1.82) is 0 Å². The van der Waals surface area contributed by atoms with Crippen LogP contribution in [0.4, 0.5) is 5.82 Å². The Kier molecular flexibility index (Phi) is 3.28. The van der Waals surface area contributed by atoms with Crippen LogP contribution in [0.3, 0.4) is 0 Å². The SMILES string of the molecule is CCc1nc(C(=O)OC)c(N)n1-c1c(C)n[nH]c1C. The minimum Gasteiger partial charge on any atom is -0.464 e. The molecule has 102 valence electrons. The Hall–Kier alpha value is -2.31.